The summed E-state index contributed by atoms with van der Waals surface area (Å²) in [6.45, 7) is 3.25. The first kappa shape index (κ1) is 15.6. The summed E-state index contributed by atoms with van der Waals surface area (Å²) < 4.78 is 10.9. The van der Waals surface area contributed by atoms with Crippen LogP contribution >= 0.6 is 0 Å². The van der Waals surface area contributed by atoms with Gasteiger partial charge in [0.25, 0.3) is 5.91 Å². The minimum absolute atomic E-state index is 0.244. The third kappa shape index (κ3) is 3.46. The Hall–Kier alpha value is -2.93. The molecule has 1 aliphatic heterocycles. The summed E-state index contributed by atoms with van der Waals surface area (Å²) in [6, 6.07) is 11.1. The molecule has 2 aromatic heterocycles. The highest BCUT2D eigenvalue weighted by atomic mass is 16.5. The number of anilines is 1. The Balaban J connectivity index is 1.42. The van der Waals surface area contributed by atoms with Crippen LogP contribution in [0.2, 0.25) is 0 Å². The maximum atomic E-state index is 12.3. The lowest BCUT2D eigenvalue weighted by molar-refractivity contribution is 0.0924. The number of hydrogen-bond donors (Lipinski definition) is 1. The number of nitrogens with zero attached hydrogens (tertiary/aromatic N) is 3. The van der Waals surface area contributed by atoms with Gasteiger partial charge in [-0.3, -0.25) is 4.79 Å². The molecule has 4 rings (SSSR count). The Labute approximate surface area is 144 Å². The fourth-order valence-corrected chi connectivity index (χ4v) is 2.78. The molecule has 0 radical (unpaired) electrons. The van der Waals surface area contributed by atoms with Crippen molar-refractivity contribution in [1.29, 1.82) is 0 Å². The number of rotatable bonds is 4. The first-order valence-corrected chi connectivity index (χ1v) is 8.21. The van der Waals surface area contributed by atoms with Crippen LogP contribution in [0.15, 0.2) is 47.0 Å². The van der Waals surface area contributed by atoms with Crippen LogP contribution in [0.4, 0.5) is 5.82 Å². The molecule has 1 saturated heterocycles. The molecule has 3 aromatic rings. The van der Waals surface area contributed by atoms with E-state index in [2.05, 4.69) is 20.2 Å². The zero-order chi connectivity index (χ0) is 17.1. The van der Waals surface area contributed by atoms with E-state index in [4.69, 9.17) is 9.15 Å². The van der Waals surface area contributed by atoms with Crippen LogP contribution in [0.3, 0.4) is 0 Å². The summed E-state index contributed by atoms with van der Waals surface area (Å²) in [5.74, 6) is 1.42. The number of furan rings is 1. The van der Waals surface area contributed by atoms with Crippen molar-refractivity contribution in [2.45, 2.75) is 6.54 Å². The monoisotopic (exact) mass is 338 g/mol. The van der Waals surface area contributed by atoms with E-state index in [0.29, 0.717) is 24.6 Å². The SMILES string of the molecule is O=C(NCc1nccc(N2CCOCC2)n1)c1cc2ccccc2o1. The Morgan fingerprint density at radius 3 is 2.88 bits per heavy atom. The van der Waals surface area contributed by atoms with Gasteiger partial charge in [0.1, 0.15) is 17.2 Å². The number of ether oxygens (including phenoxy) is 1. The molecule has 1 aliphatic rings. The van der Waals surface area contributed by atoms with Crippen LogP contribution in [0.25, 0.3) is 11.0 Å². The van der Waals surface area contributed by atoms with Gasteiger partial charge in [0.15, 0.2) is 5.76 Å². The maximum Gasteiger partial charge on any atom is 0.287 e. The van der Waals surface area contributed by atoms with Crippen molar-refractivity contribution in [3.63, 3.8) is 0 Å². The number of aromatic nitrogens is 2. The molecule has 3 heterocycles. The number of hydrogen-bond acceptors (Lipinski definition) is 6. The van der Waals surface area contributed by atoms with Gasteiger partial charge in [-0.2, -0.15) is 0 Å². The van der Waals surface area contributed by atoms with Crippen molar-refractivity contribution in [2.24, 2.45) is 0 Å². The van der Waals surface area contributed by atoms with Crippen LogP contribution in [0.1, 0.15) is 16.4 Å². The number of para-hydroxylation sites is 1. The highest BCUT2D eigenvalue weighted by Crippen LogP contribution is 2.18. The zero-order valence-corrected chi connectivity index (χ0v) is 13.6. The molecule has 1 N–H and O–H groups in total. The average molecular weight is 338 g/mol. The minimum atomic E-state index is -0.281. The average Bonchev–Trinajstić information content (AvgIpc) is 3.11. The molecule has 0 saturated carbocycles. The molecule has 25 heavy (non-hydrogen) atoms. The first-order valence-electron chi connectivity index (χ1n) is 8.21. The predicted octanol–water partition coefficient (Wildman–Crippen LogP) is 1.99. The smallest absolute Gasteiger partial charge is 0.287 e. The van der Waals surface area contributed by atoms with Crippen molar-refractivity contribution in [1.82, 2.24) is 15.3 Å². The maximum absolute atomic E-state index is 12.3. The van der Waals surface area contributed by atoms with Crippen LogP contribution in [0, 0.1) is 0 Å². The Bertz CT molecular complexity index is 854. The molecule has 0 unspecified atom stereocenters. The molecule has 0 bridgehead atoms. The summed E-state index contributed by atoms with van der Waals surface area (Å²) in [4.78, 5) is 23.2. The Kier molecular flexibility index (Phi) is 4.30. The van der Waals surface area contributed by atoms with Gasteiger partial charge >= 0.3 is 0 Å². The van der Waals surface area contributed by atoms with Gasteiger partial charge < -0.3 is 19.4 Å². The number of nitrogens with one attached hydrogen (secondary N) is 1. The number of carbonyl (C=O) groups excluding carboxylic acids is 1. The lowest BCUT2D eigenvalue weighted by Gasteiger charge is -2.27. The predicted molar refractivity (Wildman–Crippen MR) is 92.4 cm³/mol. The third-order valence-corrected chi connectivity index (χ3v) is 4.08. The van der Waals surface area contributed by atoms with Gasteiger partial charge in [-0.15, -0.1) is 0 Å². The van der Waals surface area contributed by atoms with E-state index in [0.717, 1.165) is 24.3 Å². The number of amides is 1. The number of fused-ring (bicyclic) bond motifs is 1. The highest BCUT2D eigenvalue weighted by Gasteiger charge is 2.15. The van der Waals surface area contributed by atoms with Crippen molar-refractivity contribution in [3.8, 4) is 0 Å². The van der Waals surface area contributed by atoms with E-state index in [1.54, 1.807) is 12.3 Å². The summed E-state index contributed by atoms with van der Waals surface area (Å²) in [5, 5.41) is 3.71. The first-order chi connectivity index (χ1) is 12.3. The van der Waals surface area contributed by atoms with E-state index in [1.807, 2.05) is 30.3 Å². The second-order valence-corrected chi connectivity index (χ2v) is 5.76. The molecule has 0 spiro atoms. The van der Waals surface area contributed by atoms with Gasteiger partial charge in [0, 0.05) is 24.7 Å². The topological polar surface area (TPSA) is 80.5 Å². The van der Waals surface area contributed by atoms with Crippen LogP contribution in [-0.2, 0) is 11.3 Å². The fraction of sp³-hybridized carbons (Fsp3) is 0.278. The van der Waals surface area contributed by atoms with Gasteiger partial charge in [0.05, 0.1) is 19.8 Å². The third-order valence-electron chi connectivity index (χ3n) is 4.08. The Morgan fingerprint density at radius 1 is 1.20 bits per heavy atom. The summed E-state index contributed by atoms with van der Waals surface area (Å²) in [7, 11) is 0. The standard InChI is InChI=1S/C18H18N4O3/c23-18(15-11-13-3-1-2-4-14(13)25-15)20-12-16-19-6-5-17(21-16)22-7-9-24-10-8-22/h1-6,11H,7-10,12H2,(H,20,23). The largest absolute Gasteiger partial charge is 0.451 e. The van der Waals surface area contributed by atoms with E-state index in [-0.39, 0.29) is 18.2 Å². The van der Waals surface area contributed by atoms with E-state index < -0.39 is 0 Å². The molecule has 128 valence electrons. The van der Waals surface area contributed by atoms with E-state index in [1.165, 1.54) is 0 Å². The van der Waals surface area contributed by atoms with Crippen molar-refractivity contribution >= 4 is 22.7 Å². The zero-order valence-electron chi connectivity index (χ0n) is 13.6. The molecule has 1 amide bonds. The number of carbonyl (C=O) groups is 1. The number of benzene rings is 1. The lowest BCUT2D eigenvalue weighted by atomic mass is 10.2. The fourth-order valence-electron chi connectivity index (χ4n) is 2.78. The number of morpholine rings is 1. The molecule has 7 nitrogen and oxygen atoms in total. The van der Waals surface area contributed by atoms with Gasteiger partial charge in [-0.05, 0) is 18.2 Å². The van der Waals surface area contributed by atoms with Gasteiger partial charge in [0.2, 0.25) is 0 Å². The molecular weight excluding hydrogens is 320 g/mol. The molecule has 7 heteroatoms. The van der Waals surface area contributed by atoms with Crippen LogP contribution < -0.4 is 10.2 Å². The van der Waals surface area contributed by atoms with Crippen LogP contribution in [-0.4, -0.2) is 42.2 Å². The Morgan fingerprint density at radius 2 is 2.04 bits per heavy atom. The molecule has 1 aromatic carbocycles. The molecule has 0 aliphatic carbocycles. The molecular formula is C18H18N4O3. The molecule has 1 fully saturated rings. The second kappa shape index (κ2) is 6.90. The summed E-state index contributed by atoms with van der Waals surface area (Å²) in [6.07, 6.45) is 1.71. The summed E-state index contributed by atoms with van der Waals surface area (Å²) in [5.41, 5.74) is 0.693. The van der Waals surface area contributed by atoms with Gasteiger partial charge in [-0.1, -0.05) is 18.2 Å². The normalized spacial score (nSPS) is 14.6. The summed E-state index contributed by atoms with van der Waals surface area (Å²) >= 11 is 0. The molecule has 0 atom stereocenters. The van der Waals surface area contributed by atoms with E-state index >= 15 is 0 Å². The van der Waals surface area contributed by atoms with Crippen LogP contribution in [0.5, 0.6) is 0 Å². The second-order valence-electron chi connectivity index (χ2n) is 5.76. The van der Waals surface area contributed by atoms with E-state index in [9.17, 15) is 4.79 Å². The highest BCUT2D eigenvalue weighted by molar-refractivity contribution is 5.95. The van der Waals surface area contributed by atoms with Crippen molar-refractivity contribution in [3.05, 3.63) is 54.2 Å². The van der Waals surface area contributed by atoms with Crippen molar-refractivity contribution < 1.29 is 13.9 Å². The minimum Gasteiger partial charge on any atom is -0.451 e. The van der Waals surface area contributed by atoms with Gasteiger partial charge in [-0.25, -0.2) is 9.97 Å². The quantitative estimate of drug-likeness (QED) is 0.784. The van der Waals surface area contributed by atoms with Crippen molar-refractivity contribution in [2.75, 3.05) is 31.2 Å². The lowest BCUT2D eigenvalue weighted by Crippen LogP contribution is -2.37.